The van der Waals surface area contributed by atoms with E-state index in [4.69, 9.17) is 0 Å². The highest BCUT2D eigenvalue weighted by molar-refractivity contribution is 4.91. The molecule has 0 saturated carbocycles. The Kier molecular flexibility index (Phi) is 7.29. The van der Waals surface area contributed by atoms with Crippen LogP contribution in [0.2, 0.25) is 0 Å². The van der Waals surface area contributed by atoms with E-state index < -0.39 is 0 Å². The average molecular weight is 271 g/mol. The van der Waals surface area contributed by atoms with Crippen molar-refractivity contribution in [1.82, 2.24) is 15.1 Å². The average Bonchev–Trinajstić information content (AvgIpc) is 2.86. The van der Waals surface area contributed by atoms with Crippen molar-refractivity contribution in [1.29, 1.82) is 0 Å². The Hall–Kier alpha value is -0.160. The molecule has 0 aliphatic carbocycles. The minimum absolute atomic E-state index is 0.159. The third-order valence-corrected chi connectivity index (χ3v) is 4.30. The van der Waals surface area contributed by atoms with Gasteiger partial charge in [0.15, 0.2) is 0 Å². The number of hydrogen-bond acceptors (Lipinski definition) is 4. The number of likely N-dealkylation sites (tertiary alicyclic amines) is 1. The van der Waals surface area contributed by atoms with Crippen molar-refractivity contribution in [2.24, 2.45) is 0 Å². The number of rotatable bonds is 9. The third kappa shape index (κ3) is 5.03. The van der Waals surface area contributed by atoms with Crippen LogP contribution in [0.3, 0.4) is 0 Å². The number of likely N-dealkylation sites (N-methyl/N-ethyl adjacent to an activating group) is 1. The second-order valence-corrected chi connectivity index (χ2v) is 6.04. The van der Waals surface area contributed by atoms with Crippen LogP contribution in [0, 0.1) is 0 Å². The number of aliphatic hydroxyl groups excluding tert-OH is 1. The number of nitrogens with one attached hydrogen (secondary N) is 1. The molecule has 0 aromatic rings. The molecule has 2 N–H and O–H groups in total. The van der Waals surface area contributed by atoms with Gasteiger partial charge in [-0.2, -0.15) is 0 Å². The normalized spacial score (nSPS) is 24.0. The molecule has 0 aromatic carbocycles. The SMILES string of the molecule is CCCNC(C)(CO)CN1CCC(N(CC)CC)C1. The molecule has 0 bridgehead atoms. The monoisotopic (exact) mass is 271 g/mol. The minimum Gasteiger partial charge on any atom is -0.394 e. The van der Waals surface area contributed by atoms with Crippen molar-refractivity contribution >= 4 is 0 Å². The standard InChI is InChI=1S/C15H33N3O/c1-5-9-16-15(4,13-19)12-17-10-8-14(11-17)18(6-2)7-3/h14,16,19H,5-13H2,1-4H3. The van der Waals surface area contributed by atoms with Gasteiger partial charge >= 0.3 is 0 Å². The molecule has 0 spiro atoms. The number of aliphatic hydroxyl groups is 1. The maximum Gasteiger partial charge on any atom is 0.0623 e. The Bertz CT molecular complexity index is 246. The summed E-state index contributed by atoms with van der Waals surface area (Å²) in [7, 11) is 0. The first-order valence-corrected chi connectivity index (χ1v) is 7.90. The third-order valence-electron chi connectivity index (χ3n) is 4.30. The van der Waals surface area contributed by atoms with E-state index in [2.05, 4.69) is 42.8 Å². The molecule has 4 heteroatoms. The Morgan fingerprint density at radius 1 is 1.32 bits per heavy atom. The molecule has 2 atom stereocenters. The first-order valence-electron chi connectivity index (χ1n) is 7.90. The molecule has 2 unspecified atom stereocenters. The van der Waals surface area contributed by atoms with E-state index in [0.29, 0.717) is 6.04 Å². The molecular weight excluding hydrogens is 238 g/mol. The lowest BCUT2D eigenvalue weighted by Crippen LogP contribution is -2.54. The summed E-state index contributed by atoms with van der Waals surface area (Å²) < 4.78 is 0. The van der Waals surface area contributed by atoms with Gasteiger partial charge < -0.3 is 10.4 Å². The van der Waals surface area contributed by atoms with Crippen LogP contribution in [-0.4, -0.2) is 72.4 Å². The van der Waals surface area contributed by atoms with Crippen LogP contribution in [-0.2, 0) is 0 Å². The lowest BCUT2D eigenvalue weighted by Gasteiger charge is -2.34. The van der Waals surface area contributed by atoms with Crippen LogP contribution in [0.15, 0.2) is 0 Å². The molecule has 114 valence electrons. The summed E-state index contributed by atoms with van der Waals surface area (Å²) in [5.74, 6) is 0. The summed E-state index contributed by atoms with van der Waals surface area (Å²) in [5, 5.41) is 13.1. The maximum atomic E-state index is 9.64. The van der Waals surface area contributed by atoms with Gasteiger partial charge in [-0.25, -0.2) is 0 Å². The first-order chi connectivity index (χ1) is 9.08. The second kappa shape index (κ2) is 8.20. The van der Waals surface area contributed by atoms with Crippen molar-refractivity contribution in [3.8, 4) is 0 Å². The molecule has 0 amide bonds. The van der Waals surface area contributed by atoms with Crippen LogP contribution in [0.25, 0.3) is 0 Å². The summed E-state index contributed by atoms with van der Waals surface area (Å²) in [6.07, 6.45) is 2.37. The van der Waals surface area contributed by atoms with E-state index in [-0.39, 0.29) is 12.1 Å². The summed E-state index contributed by atoms with van der Waals surface area (Å²) >= 11 is 0. The highest BCUT2D eigenvalue weighted by Crippen LogP contribution is 2.18. The van der Waals surface area contributed by atoms with Crippen molar-refractivity contribution < 1.29 is 5.11 Å². The highest BCUT2D eigenvalue weighted by Gasteiger charge is 2.31. The number of nitrogens with zero attached hydrogens (tertiary/aromatic N) is 2. The van der Waals surface area contributed by atoms with Crippen molar-refractivity contribution in [2.45, 2.75) is 52.1 Å². The minimum atomic E-state index is -0.159. The molecule has 1 aliphatic heterocycles. The van der Waals surface area contributed by atoms with Gasteiger partial charge in [-0.3, -0.25) is 9.80 Å². The van der Waals surface area contributed by atoms with E-state index in [0.717, 1.165) is 45.7 Å². The molecule has 1 rings (SSSR count). The van der Waals surface area contributed by atoms with Crippen LogP contribution >= 0.6 is 0 Å². The molecule has 1 heterocycles. The van der Waals surface area contributed by atoms with E-state index in [9.17, 15) is 5.11 Å². The Labute approximate surface area is 119 Å². The van der Waals surface area contributed by atoms with Gasteiger partial charge in [0.2, 0.25) is 0 Å². The fraction of sp³-hybridized carbons (Fsp3) is 1.00. The van der Waals surface area contributed by atoms with Crippen LogP contribution < -0.4 is 5.32 Å². The lowest BCUT2D eigenvalue weighted by atomic mass is 10.0. The maximum absolute atomic E-state index is 9.64. The van der Waals surface area contributed by atoms with Crippen LogP contribution in [0.1, 0.15) is 40.5 Å². The van der Waals surface area contributed by atoms with E-state index in [1.54, 1.807) is 0 Å². The van der Waals surface area contributed by atoms with E-state index in [1.807, 2.05) is 0 Å². The van der Waals surface area contributed by atoms with Gasteiger partial charge in [0.1, 0.15) is 0 Å². The van der Waals surface area contributed by atoms with Gasteiger partial charge in [-0.15, -0.1) is 0 Å². The summed E-state index contributed by atoms with van der Waals surface area (Å²) in [5.41, 5.74) is -0.159. The first kappa shape index (κ1) is 16.9. The van der Waals surface area contributed by atoms with Gasteiger partial charge in [0.05, 0.1) is 12.1 Å². The summed E-state index contributed by atoms with van der Waals surface area (Å²) in [6.45, 7) is 15.5. The second-order valence-electron chi connectivity index (χ2n) is 6.04. The number of hydrogen-bond donors (Lipinski definition) is 2. The smallest absolute Gasteiger partial charge is 0.0623 e. The summed E-state index contributed by atoms with van der Waals surface area (Å²) in [6, 6.07) is 0.698. The predicted molar refractivity (Wildman–Crippen MR) is 81.6 cm³/mol. The van der Waals surface area contributed by atoms with Gasteiger partial charge in [0.25, 0.3) is 0 Å². The van der Waals surface area contributed by atoms with Gasteiger partial charge in [-0.05, 0) is 45.9 Å². The zero-order chi connectivity index (χ0) is 14.3. The quantitative estimate of drug-likeness (QED) is 0.660. The van der Waals surface area contributed by atoms with Crippen LogP contribution in [0.4, 0.5) is 0 Å². The Morgan fingerprint density at radius 3 is 2.53 bits per heavy atom. The molecule has 0 radical (unpaired) electrons. The molecule has 1 fully saturated rings. The largest absolute Gasteiger partial charge is 0.394 e. The fourth-order valence-corrected chi connectivity index (χ4v) is 3.08. The molecule has 4 nitrogen and oxygen atoms in total. The Morgan fingerprint density at radius 2 is 2.00 bits per heavy atom. The molecule has 0 aromatic heterocycles. The van der Waals surface area contributed by atoms with Crippen molar-refractivity contribution in [3.63, 3.8) is 0 Å². The fourth-order valence-electron chi connectivity index (χ4n) is 3.08. The van der Waals surface area contributed by atoms with E-state index in [1.165, 1.54) is 6.42 Å². The molecule has 1 saturated heterocycles. The van der Waals surface area contributed by atoms with Crippen molar-refractivity contribution in [3.05, 3.63) is 0 Å². The highest BCUT2D eigenvalue weighted by atomic mass is 16.3. The lowest BCUT2D eigenvalue weighted by molar-refractivity contribution is 0.125. The molecular formula is C15H33N3O. The van der Waals surface area contributed by atoms with Gasteiger partial charge in [0, 0.05) is 19.1 Å². The topological polar surface area (TPSA) is 38.7 Å². The molecule has 19 heavy (non-hydrogen) atoms. The predicted octanol–water partition coefficient (Wildman–Crippen LogP) is 1.15. The van der Waals surface area contributed by atoms with Crippen LogP contribution in [0.5, 0.6) is 0 Å². The van der Waals surface area contributed by atoms with Crippen molar-refractivity contribution in [2.75, 3.05) is 45.9 Å². The Balaban J connectivity index is 2.45. The molecule has 1 aliphatic rings. The van der Waals surface area contributed by atoms with Gasteiger partial charge in [-0.1, -0.05) is 20.8 Å². The summed E-state index contributed by atoms with van der Waals surface area (Å²) in [4.78, 5) is 5.05. The zero-order valence-corrected chi connectivity index (χ0v) is 13.3. The zero-order valence-electron chi connectivity index (χ0n) is 13.3. The van der Waals surface area contributed by atoms with E-state index >= 15 is 0 Å².